The standard InChI is InChI=1S/C2HF5.CH3FO/c3-1(4)2(5,6)7;1-3-2/h1H;1H3. The third kappa shape index (κ3) is 10.5. The molecule has 0 amide bonds. The van der Waals surface area contributed by atoms with Crippen LogP contribution in [0.3, 0.4) is 0 Å². The molecule has 0 saturated heterocycles. The highest BCUT2D eigenvalue weighted by Crippen LogP contribution is 2.22. The Morgan fingerprint density at radius 3 is 1.30 bits per heavy atom. The topological polar surface area (TPSA) is 9.23 Å². The van der Waals surface area contributed by atoms with Crippen molar-refractivity contribution in [2.45, 2.75) is 12.6 Å². The average Bonchev–Trinajstić information content (AvgIpc) is 1.64. The zero-order chi connectivity index (χ0) is 8.78. The number of hydrogen-bond acceptors (Lipinski definition) is 1. The average molecular weight is 170 g/mol. The quantitative estimate of drug-likeness (QED) is 0.507. The summed E-state index contributed by atoms with van der Waals surface area (Å²) in [6.45, 7) is 0. The Bertz CT molecular complexity index is 67.9. The first kappa shape index (κ1) is 12.2. The SMILES string of the molecule is COF.FC(F)C(F)(F)F. The minimum Gasteiger partial charge on any atom is -0.200 e. The molecule has 1 nitrogen and oxygen atoms in total. The van der Waals surface area contributed by atoms with Crippen LogP contribution in [0.2, 0.25) is 0 Å². The maximum atomic E-state index is 10.4. The molecule has 0 saturated carbocycles. The lowest BCUT2D eigenvalue weighted by Gasteiger charge is -2.00. The van der Waals surface area contributed by atoms with Crippen LogP contribution >= 0.6 is 0 Å². The summed E-state index contributed by atoms with van der Waals surface area (Å²) in [5.41, 5.74) is 0. The summed E-state index contributed by atoms with van der Waals surface area (Å²) in [6.07, 6.45) is -9.53. The smallest absolute Gasteiger partial charge is 0.200 e. The van der Waals surface area contributed by atoms with E-state index in [0.29, 0.717) is 0 Å². The third-order valence-corrected chi connectivity index (χ3v) is 0.247. The van der Waals surface area contributed by atoms with E-state index in [9.17, 15) is 26.5 Å². The molecule has 0 heterocycles. The highest BCUT2D eigenvalue weighted by molar-refractivity contribution is 4.48. The van der Waals surface area contributed by atoms with Gasteiger partial charge in [-0.1, -0.05) is 0 Å². The second-order valence-corrected chi connectivity index (χ2v) is 0.997. The molecule has 7 heteroatoms. The van der Waals surface area contributed by atoms with Crippen molar-refractivity contribution in [3.05, 3.63) is 0 Å². The lowest BCUT2D eigenvalue weighted by molar-refractivity contribution is -0.219. The minimum atomic E-state index is -5.33. The van der Waals surface area contributed by atoms with Crippen LogP contribution in [0.15, 0.2) is 0 Å². The van der Waals surface area contributed by atoms with E-state index in [2.05, 4.69) is 4.94 Å². The van der Waals surface area contributed by atoms with Crippen LogP contribution in [0, 0.1) is 0 Å². The van der Waals surface area contributed by atoms with E-state index in [1.165, 1.54) is 0 Å². The summed E-state index contributed by atoms with van der Waals surface area (Å²) >= 11 is 0. The highest BCUT2D eigenvalue weighted by Gasteiger charge is 2.40. The van der Waals surface area contributed by atoms with Crippen LogP contribution in [0.25, 0.3) is 0 Å². The summed E-state index contributed by atoms with van der Waals surface area (Å²) in [4.78, 5) is 2.75. The fourth-order valence-corrected chi connectivity index (χ4v) is 0. The van der Waals surface area contributed by atoms with Gasteiger partial charge in [0.05, 0.1) is 7.11 Å². The van der Waals surface area contributed by atoms with Crippen molar-refractivity contribution in [3.8, 4) is 0 Å². The van der Waals surface area contributed by atoms with E-state index in [0.717, 1.165) is 7.11 Å². The lowest BCUT2D eigenvalue weighted by atomic mass is 10.7. The molecule has 0 spiro atoms. The van der Waals surface area contributed by atoms with Gasteiger partial charge in [0.15, 0.2) is 0 Å². The zero-order valence-electron chi connectivity index (χ0n) is 4.75. The van der Waals surface area contributed by atoms with E-state index in [-0.39, 0.29) is 0 Å². The third-order valence-electron chi connectivity index (χ3n) is 0.247. The van der Waals surface area contributed by atoms with Gasteiger partial charge in [-0.15, -0.1) is 0 Å². The van der Waals surface area contributed by atoms with Gasteiger partial charge in [-0.3, -0.25) is 0 Å². The first-order valence-corrected chi connectivity index (χ1v) is 1.85. The Morgan fingerprint density at radius 2 is 1.30 bits per heavy atom. The molecule has 0 aromatic rings. The lowest BCUT2D eigenvalue weighted by Crippen LogP contribution is -2.18. The molecule has 0 aliphatic carbocycles. The van der Waals surface area contributed by atoms with Crippen molar-refractivity contribution in [2.24, 2.45) is 0 Å². The Balaban J connectivity index is 0. The monoisotopic (exact) mass is 170 g/mol. The molecule has 0 fully saturated rings. The van der Waals surface area contributed by atoms with Crippen LogP contribution < -0.4 is 0 Å². The number of alkyl halides is 5. The molecule has 0 bridgehead atoms. The first-order valence-electron chi connectivity index (χ1n) is 1.85. The fourth-order valence-electron chi connectivity index (χ4n) is 0. The molecular weight excluding hydrogens is 166 g/mol. The molecule has 0 unspecified atom stereocenters. The number of rotatable bonds is 0. The molecule has 0 N–H and O–H groups in total. The minimum absolute atomic E-state index is 0.958. The van der Waals surface area contributed by atoms with Gasteiger partial charge in [0, 0.05) is 0 Å². The van der Waals surface area contributed by atoms with Crippen molar-refractivity contribution in [1.82, 2.24) is 0 Å². The van der Waals surface area contributed by atoms with Gasteiger partial charge < -0.3 is 0 Å². The zero-order valence-corrected chi connectivity index (χ0v) is 4.75. The molecule has 64 valence electrons. The van der Waals surface area contributed by atoms with E-state index < -0.39 is 12.6 Å². The van der Waals surface area contributed by atoms with Crippen molar-refractivity contribution < 1.29 is 31.4 Å². The van der Waals surface area contributed by atoms with Crippen LogP contribution in [-0.2, 0) is 4.94 Å². The molecule has 0 aromatic heterocycles. The Morgan fingerprint density at radius 1 is 1.20 bits per heavy atom. The summed E-state index contributed by atoms with van der Waals surface area (Å²) < 4.78 is 61.9. The van der Waals surface area contributed by atoms with Crippen molar-refractivity contribution in [3.63, 3.8) is 0 Å². The Labute approximate surface area is 52.5 Å². The maximum absolute atomic E-state index is 10.4. The van der Waals surface area contributed by atoms with Gasteiger partial charge in [-0.05, 0) is 4.53 Å². The number of halogens is 6. The Hall–Kier alpha value is -0.460. The van der Waals surface area contributed by atoms with Gasteiger partial charge >= 0.3 is 12.6 Å². The predicted octanol–water partition coefficient (Wildman–Crippen LogP) is 2.33. The van der Waals surface area contributed by atoms with E-state index in [1.54, 1.807) is 0 Å². The highest BCUT2D eigenvalue weighted by atomic mass is 19.4. The van der Waals surface area contributed by atoms with E-state index in [4.69, 9.17) is 0 Å². The van der Waals surface area contributed by atoms with E-state index >= 15 is 0 Å². The normalized spacial score (nSPS) is 10.8. The Kier molecular flexibility index (Phi) is 6.53. The molecular formula is C3H4F6O. The predicted molar refractivity (Wildman–Crippen MR) is 20.2 cm³/mol. The summed E-state index contributed by atoms with van der Waals surface area (Å²) in [5, 5.41) is 0. The summed E-state index contributed by atoms with van der Waals surface area (Å²) in [7, 11) is 0.958. The second-order valence-electron chi connectivity index (χ2n) is 0.997. The molecule has 0 atom stereocenters. The second kappa shape index (κ2) is 5.33. The molecule has 10 heavy (non-hydrogen) atoms. The van der Waals surface area contributed by atoms with Gasteiger partial charge in [-0.25, -0.2) is 8.78 Å². The summed E-state index contributed by atoms with van der Waals surface area (Å²) in [5.74, 6) is 0. The van der Waals surface area contributed by atoms with Gasteiger partial charge in [0.2, 0.25) is 0 Å². The van der Waals surface area contributed by atoms with Crippen LogP contribution in [-0.4, -0.2) is 19.7 Å². The molecule has 0 aliphatic heterocycles. The van der Waals surface area contributed by atoms with Gasteiger partial charge in [0.25, 0.3) is 0 Å². The first-order chi connectivity index (χ1) is 4.36. The van der Waals surface area contributed by atoms with Crippen molar-refractivity contribution in [1.29, 1.82) is 0 Å². The van der Waals surface area contributed by atoms with Crippen molar-refractivity contribution >= 4 is 0 Å². The van der Waals surface area contributed by atoms with Crippen molar-refractivity contribution in [2.75, 3.05) is 7.11 Å². The van der Waals surface area contributed by atoms with E-state index in [1.807, 2.05) is 0 Å². The number of hydrogen-bond donors (Lipinski definition) is 0. The van der Waals surface area contributed by atoms with Crippen LogP contribution in [0.4, 0.5) is 26.5 Å². The fraction of sp³-hybridized carbons (Fsp3) is 1.00. The molecule has 0 aromatic carbocycles. The van der Waals surface area contributed by atoms with Crippen LogP contribution in [0.5, 0.6) is 0 Å². The summed E-state index contributed by atoms with van der Waals surface area (Å²) in [6, 6.07) is 0. The maximum Gasteiger partial charge on any atom is 0.450 e. The molecule has 0 aliphatic rings. The molecule has 0 radical (unpaired) electrons. The van der Waals surface area contributed by atoms with Gasteiger partial charge in [-0.2, -0.15) is 18.1 Å². The van der Waals surface area contributed by atoms with Gasteiger partial charge in [0.1, 0.15) is 0 Å². The van der Waals surface area contributed by atoms with Crippen LogP contribution in [0.1, 0.15) is 0 Å². The molecule has 0 rings (SSSR count). The largest absolute Gasteiger partial charge is 0.450 e.